The lowest BCUT2D eigenvalue weighted by molar-refractivity contribution is 0.0227. The zero-order chi connectivity index (χ0) is 14.8. The van der Waals surface area contributed by atoms with Gasteiger partial charge in [0.25, 0.3) is 5.91 Å². The lowest BCUT2D eigenvalue weighted by Crippen LogP contribution is -2.56. The van der Waals surface area contributed by atoms with E-state index in [-0.39, 0.29) is 5.91 Å². The number of hydrogen-bond donors (Lipinski definition) is 1. The molecule has 0 aromatic heterocycles. The van der Waals surface area contributed by atoms with Crippen molar-refractivity contribution < 1.29 is 4.79 Å². The molecule has 4 rings (SSSR count). The Hall–Kier alpha value is -1.79. The van der Waals surface area contributed by atoms with E-state index in [1.165, 1.54) is 12.0 Å². The number of piperidine rings is 3. The highest BCUT2D eigenvalue weighted by molar-refractivity contribution is 5.94. The van der Waals surface area contributed by atoms with Gasteiger partial charge in [0.15, 0.2) is 0 Å². The number of aryl methyl sites for hydroxylation is 1. The van der Waals surface area contributed by atoms with Crippen molar-refractivity contribution in [1.82, 2.24) is 10.2 Å². The number of benzene rings is 1. The quantitative estimate of drug-likeness (QED) is 0.861. The summed E-state index contributed by atoms with van der Waals surface area (Å²) >= 11 is 0. The molecular weight excluding hydrogens is 260 g/mol. The Balaban J connectivity index is 1.55. The molecule has 1 aromatic carbocycles. The third kappa shape index (κ3) is 2.96. The van der Waals surface area contributed by atoms with Crippen LogP contribution >= 0.6 is 0 Å². The second kappa shape index (κ2) is 5.91. The largest absolute Gasteiger partial charge is 0.350 e. The maximum Gasteiger partial charge on any atom is 0.251 e. The summed E-state index contributed by atoms with van der Waals surface area (Å²) < 4.78 is 0. The van der Waals surface area contributed by atoms with Gasteiger partial charge in [-0.05, 0) is 44.4 Å². The van der Waals surface area contributed by atoms with Gasteiger partial charge in [-0.3, -0.25) is 9.69 Å². The van der Waals surface area contributed by atoms with E-state index in [0.29, 0.717) is 17.9 Å². The topological polar surface area (TPSA) is 32.3 Å². The number of nitrogens with one attached hydrogen (secondary N) is 1. The smallest absolute Gasteiger partial charge is 0.251 e. The van der Waals surface area contributed by atoms with Crippen molar-refractivity contribution in [2.24, 2.45) is 11.8 Å². The highest BCUT2D eigenvalue weighted by Crippen LogP contribution is 2.35. The second-order valence-corrected chi connectivity index (χ2v) is 6.28. The molecule has 3 nitrogen and oxygen atoms in total. The van der Waals surface area contributed by atoms with Gasteiger partial charge in [0.05, 0.1) is 0 Å². The molecule has 3 saturated heterocycles. The van der Waals surface area contributed by atoms with Crippen LogP contribution in [0.1, 0.15) is 28.8 Å². The van der Waals surface area contributed by atoms with Gasteiger partial charge < -0.3 is 5.32 Å². The van der Waals surface area contributed by atoms with E-state index >= 15 is 0 Å². The maximum absolute atomic E-state index is 12.2. The van der Waals surface area contributed by atoms with Crippen LogP contribution in [0, 0.1) is 31.1 Å². The fraction of sp³-hybridized carbons (Fsp3) is 0.500. The third-order valence-corrected chi connectivity index (χ3v) is 4.90. The van der Waals surface area contributed by atoms with Gasteiger partial charge in [0, 0.05) is 30.6 Å². The van der Waals surface area contributed by atoms with Crippen LogP contribution < -0.4 is 5.32 Å². The molecule has 3 aliphatic rings. The number of carbonyl (C=O) groups is 1. The molecule has 0 aliphatic carbocycles. The summed E-state index contributed by atoms with van der Waals surface area (Å²) in [6.07, 6.45) is 7.92. The molecule has 21 heavy (non-hydrogen) atoms. The number of nitrogens with zero attached hydrogens (tertiary/aromatic N) is 1. The number of hydrogen-bond acceptors (Lipinski definition) is 2. The molecule has 4 atom stereocenters. The predicted octanol–water partition coefficient (Wildman–Crippen LogP) is 2.07. The minimum atomic E-state index is 0.0196. The molecule has 0 saturated carbocycles. The number of carbonyl (C=O) groups excluding carboxylic acids is 1. The van der Waals surface area contributed by atoms with Gasteiger partial charge in [-0.2, -0.15) is 0 Å². The first-order valence-corrected chi connectivity index (χ1v) is 7.72. The number of amides is 1. The van der Waals surface area contributed by atoms with Crippen LogP contribution in [0.2, 0.25) is 0 Å². The molecular formula is C18H22N2O. The van der Waals surface area contributed by atoms with Gasteiger partial charge in [-0.25, -0.2) is 0 Å². The summed E-state index contributed by atoms with van der Waals surface area (Å²) in [7, 11) is 0. The van der Waals surface area contributed by atoms with Crippen molar-refractivity contribution in [3.63, 3.8) is 0 Å². The first-order chi connectivity index (χ1) is 10.2. The van der Waals surface area contributed by atoms with Gasteiger partial charge in [0.1, 0.15) is 0 Å². The molecule has 3 aliphatic heterocycles. The third-order valence-electron chi connectivity index (χ3n) is 4.90. The van der Waals surface area contributed by atoms with Gasteiger partial charge in [-0.1, -0.05) is 17.7 Å². The van der Waals surface area contributed by atoms with E-state index in [1.807, 2.05) is 31.2 Å². The molecule has 1 aromatic rings. The number of fused-ring (bicyclic) bond motifs is 3. The normalized spacial score (nSPS) is 30.7. The zero-order valence-corrected chi connectivity index (χ0v) is 12.5. The second-order valence-electron chi connectivity index (χ2n) is 6.28. The summed E-state index contributed by atoms with van der Waals surface area (Å²) in [5.41, 5.74) is 1.90. The Morgan fingerprint density at radius 3 is 2.81 bits per heavy atom. The van der Waals surface area contributed by atoms with E-state index < -0.39 is 0 Å². The van der Waals surface area contributed by atoms with Crippen molar-refractivity contribution in [2.75, 3.05) is 19.6 Å². The zero-order valence-electron chi connectivity index (χ0n) is 12.5. The molecule has 110 valence electrons. The first-order valence-electron chi connectivity index (χ1n) is 7.72. The average Bonchev–Trinajstić information content (AvgIpc) is 2.53. The Bertz CT molecular complexity index is 558. The fourth-order valence-corrected chi connectivity index (χ4v) is 3.56. The average molecular weight is 282 g/mol. The lowest BCUT2D eigenvalue weighted by atomic mass is 9.76. The van der Waals surface area contributed by atoms with E-state index in [4.69, 9.17) is 6.42 Å². The van der Waals surface area contributed by atoms with Crippen LogP contribution in [0.25, 0.3) is 0 Å². The summed E-state index contributed by atoms with van der Waals surface area (Å²) in [4.78, 5) is 14.6. The monoisotopic (exact) mass is 282 g/mol. The van der Waals surface area contributed by atoms with Crippen molar-refractivity contribution >= 4 is 5.91 Å². The Morgan fingerprint density at radius 1 is 1.43 bits per heavy atom. The Labute approximate surface area is 126 Å². The van der Waals surface area contributed by atoms with Crippen LogP contribution in [-0.2, 0) is 0 Å². The SMILES string of the molecule is C#C[C@H]1CN2CC[C@@H]1C[C@@H]2CNC(=O)c1ccc(C)cc1. The van der Waals surface area contributed by atoms with Crippen molar-refractivity contribution in [2.45, 2.75) is 25.8 Å². The number of terminal acetylenes is 1. The Kier molecular flexibility index (Phi) is 3.98. The lowest BCUT2D eigenvalue weighted by Gasteiger charge is -2.48. The highest BCUT2D eigenvalue weighted by Gasteiger charge is 2.39. The summed E-state index contributed by atoms with van der Waals surface area (Å²) in [5.74, 6) is 3.99. The molecule has 0 radical (unpaired) electrons. The first kappa shape index (κ1) is 14.2. The minimum absolute atomic E-state index is 0.0196. The molecule has 1 amide bonds. The van der Waals surface area contributed by atoms with E-state index in [2.05, 4.69) is 16.1 Å². The van der Waals surface area contributed by atoms with Crippen LogP contribution in [0.4, 0.5) is 0 Å². The van der Waals surface area contributed by atoms with Gasteiger partial charge >= 0.3 is 0 Å². The maximum atomic E-state index is 12.2. The van der Waals surface area contributed by atoms with Gasteiger partial charge in [0.2, 0.25) is 0 Å². The van der Waals surface area contributed by atoms with Gasteiger partial charge in [-0.15, -0.1) is 12.3 Å². The predicted molar refractivity (Wildman–Crippen MR) is 83.9 cm³/mol. The highest BCUT2D eigenvalue weighted by atomic mass is 16.1. The van der Waals surface area contributed by atoms with Crippen LogP contribution in [0.5, 0.6) is 0 Å². The molecule has 3 heteroatoms. The summed E-state index contributed by atoms with van der Waals surface area (Å²) in [6, 6.07) is 8.15. The molecule has 1 unspecified atom stereocenters. The fourth-order valence-electron chi connectivity index (χ4n) is 3.56. The molecule has 3 fully saturated rings. The molecule has 2 bridgehead atoms. The van der Waals surface area contributed by atoms with Crippen molar-refractivity contribution in [3.05, 3.63) is 35.4 Å². The van der Waals surface area contributed by atoms with Crippen LogP contribution in [-0.4, -0.2) is 36.5 Å². The minimum Gasteiger partial charge on any atom is -0.350 e. The van der Waals surface area contributed by atoms with Crippen molar-refractivity contribution in [1.29, 1.82) is 0 Å². The molecule has 3 heterocycles. The van der Waals surface area contributed by atoms with Crippen LogP contribution in [0.3, 0.4) is 0 Å². The van der Waals surface area contributed by atoms with E-state index in [0.717, 1.165) is 31.6 Å². The van der Waals surface area contributed by atoms with E-state index in [1.54, 1.807) is 0 Å². The standard InChI is InChI=1S/C18H22N2O/c1-3-14-12-20-9-8-16(14)10-17(20)11-19-18(21)15-6-4-13(2)5-7-15/h1,4-7,14,16-17H,8-12H2,2H3,(H,19,21)/t14-,16+,17+/m0/s1. The summed E-state index contributed by atoms with van der Waals surface area (Å²) in [5, 5.41) is 3.07. The Morgan fingerprint density at radius 2 is 2.19 bits per heavy atom. The summed E-state index contributed by atoms with van der Waals surface area (Å²) in [6.45, 7) is 4.86. The molecule has 0 spiro atoms. The molecule has 1 N–H and O–H groups in total. The van der Waals surface area contributed by atoms with Crippen LogP contribution in [0.15, 0.2) is 24.3 Å². The number of rotatable bonds is 3. The van der Waals surface area contributed by atoms with E-state index in [9.17, 15) is 4.79 Å². The van der Waals surface area contributed by atoms with Crippen molar-refractivity contribution in [3.8, 4) is 12.3 Å².